The largest absolute Gasteiger partial charge is 0.467 e. The smallest absolute Gasteiger partial charge is 0.331 e. The standard InChI is InChI=1S/C11H11BrN4O3/c1-17-9-14-10(18-2)16-11(15-9)19-8-4-6(12)3-7(13)5-8/h3-5H,13H2,1-2H3. The molecule has 0 saturated carbocycles. The number of ether oxygens (including phenoxy) is 3. The van der Waals surface area contributed by atoms with Crippen LogP contribution in [-0.2, 0) is 0 Å². The van der Waals surface area contributed by atoms with Gasteiger partial charge in [-0.25, -0.2) is 0 Å². The molecule has 8 heteroatoms. The van der Waals surface area contributed by atoms with Crippen LogP contribution in [0.15, 0.2) is 22.7 Å². The van der Waals surface area contributed by atoms with Crippen LogP contribution in [0.5, 0.6) is 23.8 Å². The maximum atomic E-state index is 5.71. The van der Waals surface area contributed by atoms with Gasteiger partial charge in [-0.05, 0) is 12.1 Å². The van der Waals surface area contributed by atoms with Crippen molar-refractivity contribution in [2.75, 3.05) is 20.0 Å². The summed E-state index contributed by atoms with van der Waals surface area (Å²) in [5.41, 5.74) is 6.27. The molecule has 0 fully saturated rings. The van der Waals surface area contributed by atoms with Crippen LogP contribution in [0.3, 0.4) is 0 Å². The first-order valence-corrected chi connectivity index (χ1v) is 5.98. The van der Waals surface area contributed by atoms with E-state index in [2.05, 4.69) is 30.9 Å². The van der Waals surface area contributed by atoms with Crippen LogP contribution in [-0.4, -0.2) is 29.2 Å². The van der Waals surface area contributed by atoms with Crippen LogP contribution in [0.2, 0.25) is 0 Å². The minimum absolute atomic E-state index is 0.0567. The number of anilines is 1. The molecule has 0 atom stereocenters. The fourth-order valence-corrected chi connectivity index (χ4v) is 1.79. The number of hydrogen-bond acceptors (Lipinski definition) is 7. The van der Waals surface area contributed by atoms with Crippen LogP contribution in [0.4, 0.5) is 5.69 Å². The van der Waals surface area contributed by atoms with Crippen molar-refractivity contribution in [1.82, 2.24) is 15.0 Å². The lowest BCUT2D eigenvalue weighted by molar-refractivity contribution is 0.320. The molecule has 2 rings (SSSR count). The van der Waals surface area contributed by atoms with Gasteiger partial charge in [0.1, 0.15) is 5.75 Å². The number of aromatic nitrogens is 3. The third kappa shape index (κ3) is 3.44. The van der Waals surface area contributed by atoms with Gasteiger partial charge >= 0.3 is 18.0 Å². The molecule has 0 spiro atoms. The summed E-state index contributed by atoms with van der Waals surface area (Å²) in [5.74, 6) is 0.488. The van der Waals surface area contributed by atoms with E-state index in [1.54, 1.807) is 18.2 Å². The van der Waals surface area contributed by atoms with E-state index in [1.807, 2.05) is 0 Å². The summed E-state index contributed by atoms with van der Waals surface area (Å²) in [6.07, 6.45) is 0. The predicted octanol–water partition coefficient (Wildman–Crippen LogP) is 2.03. The van der Waals surface area contributed by atoms with Gasteiger partial charge in [-0.2, -0.15) is 0 Å². The van der Waals surface area contributed by atoms with Crippen molar-refractivity contribution in [3.63, 3.8) is 0 Å². The molecule has 0 aliphatic carbocycles. The van der Waals surface area contributed by atoms with Crippen LogP contribution in [0, 0.1) is 0 Å². The Kier molecular flexibility index (Phi) is 4.00. The van der Waals surface area contributed by atoms with Gasteiger partial charge in [-0.15, -0.1) is 15.0 Å². The zero-order valence-electron chi connectivity index (χ0n) is 10.3. The van der Waals surface area contributed by atoms with Crippen LogP contribution >= 0.6 is 15.9 Å². The lowest BCUT2D eigenvalue weighted by atomic mass is 10.3. The SMILES string of the molecule is COc1nc(OC)nc(Oc2cc(N)cc(Br)c2)n1. The highest BCUT2D eigenvalue weighted by Crippen LogP contribution is 2.26. The van der Waals surface area contributed by atoms with E-state index >= 15 is 0 Å². The molecule has 0 saturated heterocycles. The number of benzene rings is 1. The first-order valence-electron chi connectivity index (χ1n) is 5.18. The number of hydrogen-bond donors (Lipinski definition) is 1. The molecule has 1 aromatic carbocycles. The summed E-state index contributed by atoms with van der Waals surface area (Å²) >= 11 is 3.32. The molecule has 1 heterocycles. The molecule has 0 bridgehead atoms. The normalized spacial score (nSPS) is 10.1. The maximum Gasteiger partial charge on any atom is 0.331 e. The van der Waals surface area contributed by atoms with Crippen molar-refractivity contribution in [1.29, 1.82) is 0 Å². The van der Waals surface area contributed by atoms with Gasteiger partial charge < -0.3 is 19.9 Å². The fraction of sp³-hybridized carbons (Fsp3) is 0.182. The topological polar surface area (TPSA) is 92.4 Å². The average molecular weight is 327 g/mol. The Morgan fingerprint density at radius 1 is 0.947 bits per heavy atom. The molecule has 7 nitrogen and oxygen atoms in total. The van der Waals surface area contributed by atoms with Crippen molar-refractivity contribution in [2.24, 2.45) is 0 Å². The maximum absolute atomic E-state index is 5.71. The van der Waals surface area contributed by atoms with E-state index in [0.717, 1.165) is 4.47 Å². The summed E-state index contributed by atoms with van der Waals surface area (Å²) in [6, 6.07) is 5.39. The lowest BCUT2D eigenvalue weighted by Gasteiger charge is -2.07. The molecule has 0 radical (unpaired) electrons. The molecule has 1 aromatic heterocycles. The highest BCUT2D eigenvalue weighted by atomic mass is 79.9. The Morgan fingerprint density at radius 2 is 1.53 bits per heavy atom. The van der Waals surface area contributed by atoms with Gasteiger partial charge in [-0.1, -0.05) is 15.9 Å². The van der Waals surface area contributed by atoms with Gasteiger partial charge in [0.25, 0.3) is 0 Å². The zero-order chi connectivity index (χ0) is 13.8. The molecule has 0 unspecified atom stereocenters. The fourth-order valence-electron chi connectivity index (χ4n) is 1.30. The Labute approximate surface area is 117 Å². The second-order valence-electron chi connectivity index (χ2n) is 3.41. The number of halogens is 1. The Balaban J connectivity index is 2.31. The van der Waals surface area contributed by atoms with Crippen LogP contribution < -0.4 is 19.9 Å². The van der Waals surface area contributed by atoms with Crippen LogP contribution in [0.1, 0.15) is 0 Å². The van der Waals surface area contributed by atoms with Gasteiger partial charge in [0.15, 0.2) is 0 Å². The zero-order valence-corrected chi connectivity index (χ0v) is 11.8. The van der Waals surface area contributed by atoms with Gasteiger partial charge in [0, 0.05) is 16.2 Å². The quantitative estimate of drug-likeness (QED) is 0.859. The average Bonchev–Trinajstić information content (AvgIpc) is 2.37. The molecule has 0 amide bonds. The van der Waals surface area contributed by atoms with Crippen LogP contribution in [0.25, 0.3) is 0 Å². The molecule has 0 aliphatic heterocycles. The number of methoxy groups -OCH3 is 2. The number of nitrogens with zero attached hydrogens (tertiary/aromatic N) is 3. The van der Waals surface area contributed by atoms with E-state index in [-0.39, 0.29) is 18.0 Å². The Morgan fingerprint density at radius 3 is 2.05 bits per heavy atom. The third-order valence-electron chi connectivity index (χ3n) is 2.04. The first kappa shape index (κ1) is 13.3. The second kappa shape index (κ2) is 5.70. The molecule has 100 valence electrons. The Hall–Kier alpha value is -2.09. The minimum Gasteiger partial charge on any atom is -0.467 e. The van der Waals surface area contributed by atoms with Gasteiger partial charge in [0.2, 0.25) is 0 Å². The molecule has 0 aliphatic rings. The second-order valence-corrected chi connectivity index (χ2v) is 4.33. The van der Waals surface area contributed by atoms with Gasteiger partial charge in [-0.3, -0.25) is 0 Å². The van der Waals surface area contributed by atoms with Crippen molar-refractivity contribution in [3.05, 3.63) is 22.7 Å². The molecule has 2 N–H and O–H groups in total. The highest BCUT2D eigenvalue weighted by Gasteiger charge is 2.09. The number of rotatable bonds is 4. The van der Waals surface area contributed by atoms with E-state index in [9.17, 15) is 0 Å². The molecular weight excluding hydrogens is 316 g/mol. The molecular formula is C11H11BrN4O3. The summed E-state index contributed by atoms with van der Waals surface area (Å²) in [5, 5.41) is 0. The Bertz CT molecular complexity index is 552. The number of nitrogen functional groups attached to an aromatic ring is 1. The van der Waals surface area contributed by atoms with Crippen molar-refractivity contribution in [3.8, 4) is 23.8 Å². The third-order valence-corrected chi connectivity index (χ3v) is 2.50. The van der Waals surface area contributed by atoms with Crippen molar-refractivity contribution in [2.45, 2.75) is 0 Å². The summed E-state index contributed by atoms with van der Waals surface area (Å²) < 4.78 is 16.1. The predicted molar refractivity (Wildman–Crippen MR) is 71.6 cm³/mol. The highest BCUT2D eigenvalue weighted by molar-refractivity contribution is 9.10. The summed E-state index contributed by atoms with van der Waals surface area (Å²) in [6.45, 7) is 0. The van der Waals surface area contributed by atoms with Crippen molar-refractivity contribution >= 4 is 21.6 Å². The van der Waals surface area contributed by atoms with E-state index < -0.39 is 0 Å². The minimum atomic E-state index is 0.0567. The van der Waals surface area contributed by atoms with Crippen molar-refractivity contribution < 1.29 is 14.2 Å². The van der Waals surface area contributed by atoms with E-state index in [0.29, 0.717) is 11.4 Å². The molecule has 2 aromatic rings. The van der Waals surface area contributed by atoms with E-state index in [4.69, 9.17) is 19.9 Å². The molecule has 19 heavy (non-hydrogen) atoms. The van der Waals surface area contributed by atoms with E-state index in [1.165, 1.54) is 14.2 Å². The number of nitrogens with two attached hydrogens (primary N) is 1. The summed E-state index contributed by atoms with van der Waals surface area (Å²) in [7, 11) is 2.88. The monoisotopic (exact) mass is 326 g/mol. The lowest BCUT2D eigenvalue weighted by Crippen LogP contribution is -2.01. The first-order chi connectivity index (χ1) is 9.10. The van der Waals surface area contributed by atoms with Gasteiger partial charge in [0.05, 0.1) is 14.2 Å². The summed E-state index contributed by atoms with van der Waals surface area (Å²) in [4.78, 5) is 11.8.